The molecule has 3 nitrogen and oxygen atoms in total. The lowest BCUT2D eigenvalue weighted by Gasteiger charge is -2.05. The molecular formula is C9H5ClINO2. The second-order valence-corrected chi connectivity index (χ2v) is 3.92. The topological polar surface area (TPSA) is 50.1 Å². The Morgan fingerprint density at radius 2 is 2.29 bits per heavy atom. The van der Waals surface area contributed by atoms with Crippen molar-refractivity contribution in [2.75, 3.05) is 7.11 Å². The first-order valence-corrected chi connectivity index (χ1v) is 5.03. The van der Waals surface area contributed by atoms with Crippen molar-refractivity contribution in [1.29, 1.82) is 5.26 Å². The van der Waals surface area contributed by atoms with Gasteiger partial charge in [-0.15, -0.1) is 0 Å². The molecule has 1 aromatic rings. The van der Waals surface area contributed by atoms with E-state index >= 15 is 0 Å². The van der Waals surface area contributed by atoms with E-state index in [9.17, 15) is 4.79 Å². The first-order chi connectivity index (χ1) is 6.60. The van der Waals surface area contributed by atoms with E-state index in [2.05, 4.69) is 0 Å². The van der Waals surface area contributed by atoms with Gasteiger partial charge in [-0.25, -0.2) is 0 Å². The fourth-order valence-electron chi connectivity index (χ4n) is 0.962. The molecule has 0 aromatic heterocycles. The summed E-state index contributed by atoms with van der Waals surface area (Å²) < 4.78 is 5.64. The minimum absolute atomic E-state index is 0.303. The highest BCUT2D eigenvalue weighted by atomic mass is 127. The maximum atomic E-state index is 10.9. The van der Waals surface area contributed by atoms with Crippen molar-refractivity contribution < 1.29 is 9.53 Å². The first-order valence-electron chi connectivity index (χ1n) is 3.57. The predicted octanol–water partition coefficient (Wildman–Crippen LogP) is 2.55. The molecule has 0 atom stereocenters. The summed E-state index contributed by atoms with van der Waals surface area (Å²) in [4.78, 5) is 10.9. The Balaban J connectivity index is 3.40. The van der Waals surface area contributed by atoms with Crippen LogP contribution in [0.3, 0.4) is 0 Å². The van der Waals surface area contributed by atoms with Crippen LogP contribution in [0.1, 0.15) is 15.9 Å². The summed E-state index contributed by atoms with van der Waals surface area (Å²) in [6, 6.07) is 4.96. The maximum absolute atomic E-state index is 10.9. The summed E-state index contributed by atoms with van der Waals surface area (Å²) in [5.41, 5.74) is 0.626. The van der Waals surface area contributed by atoms with Crippen LogP contribution in [-0.4, -0.2) is 12.4 Å². The van der Waals surface area contributed by atoms with E-state index in [0.29, 0.717) is 20.4 Å². The van der Waals surface area contributed by atoms with Crippen LogP contribution in [-0.2, 0) is 0 Å². The van der Waals surface area contributed by atoms with Crippen LogP contribution in [0.4, 0.5) is 0 Å². The lowest BCUT2D eigenvalue weighted by molar-refractivity contribution is 0.108. The molecule has 0 radical (unpaired) electrons. The summed E-state index contributed by atoms with van der Waals surface area (Å²) in [6.07, 6.45) is 0. The number of carbonyl (C=O) groups excluding carboxylic acids is 1. The van der Waals surface area contributed by atoms with Crippen molar-refractivity contribution in [3.05, 3.63) is 26.8 Å². The van der Waals surface area contributed by atoms with E-state index in [-0.39, 0.29) is 0 Å². The number of benzene rings is 1. The molecule has 0 amide bonds. The molecule has 0 aliphatic carbocycles. The Bertz CT molecular complexity index is 426. The average Bonchev–Trinajstić information content (AvgIpc) is 2.16. The number of rotatable bonds is 2. The third-order valence-corrected chi connectivity index (χ3v) is 2.72. The number of nitriles is 1. The molecule has 14 heavy (non-hydrogen) atoms. The Morgan fingerprint density at radius 3 is 2.71 bits per heavy atom. The van der Waals surface area contributed by atoms with Crippen LogP contribution in [0.5, 0.6) is 5.75 Å². The van der Waals surface area contributed by atoms with Crippen molar-refractivity contribution in [3.63, 3.8) is 0 Å². The van der Waals surface area contributed by atoms with E-state index in [4.69, 9.17) is 21.6 Å². The third-order valence-electron chi connectivity index (χ3n) is 1.62. The fourth-order valence-corrected chi connectivity index (χ4v) is 1.96. The minimum Gasteiger partial charge on any atom is -0.495 e. The van der Waals surface area contributed by atoms with Gasteiger partial charge < -0.3 is 4.74 Å². The van der Waals surface area contributed by atoms with E-state index in [1.54, 1.807) is 6.07 Å². The van der Waals surface area contributed by atoms with Gasteiger partial charge in [0.1, 0.15) is 11.8 Å². The van der Waals surface area contributed by atoms with Crippen LogP contribution >= 0.6 is 34.2 Å². The monoisotopic (exact) mass is 321 g/mol. The van der Waals surface area contributed by atoms with Crippen molar-refractivity contribution in [1.82, 2.24) is 0 Å². The van der Waals surface area contributed by atoms with Gasteiger partial charge in [0.25, 0.3) is 5.24 Å². The fraction of sp³-hybridized carbons (Fsp3) is 0.111. The second kappa shape index (κ2) is 4.62. The van der Waals surface area contributed by atoms with Gasteiger partial charge in [0.2, 0.25) is 0 Å². The summed E-state index contributed by atoms with van der Waals surface area (Å²) in [5.74, 6) is 0.443. The third kappa shape index (κ3) is 2.16. The van der Waals surface area contributed by atoms with Gasteiger partial charge in [-0.3, -0.25) is 4.79 Å². The number of carbonyl (C=O) groups is 1. The van der Waals surface area contributed by atoms with Gasteiger partial charge in [-0.2, -0.15) is 5.26 Å². The molecular weight excluding hydrogens is 316 g/mol. The molecule has 5 heteroatoms. The predicted molar refractivity (Wildman–Crippen MR) is 60.6 cm³/mol. The zero-order valence-electron chi connectivity index (χ0n) is 7.17. The van der Waals surface area contributed by atoms with Crippen LogP contribution in [0.15, 0.2) is 12.1 Å². The maximum Gasteiger partial charge on any atom is 0.253 e. The zero-order valence-corrected chi connectivity index (χ0v) is 10.1. The van der Waals surface area contributed by atoms with Crippen LogP contribution in [0, 0.1) is 14.9 Å². The molecule has 0 bridgehead atoms. The van der Waals surface area contributed by atoms with E-state index in [1.807, 2.05) is 28.7 Å². The number of ether oxygens (including phenoxy) is 1. The molecule has 0 N–H and O–H groups in total. The Morgan fingerprint density at radius 1 is 1.64 bits per heavy atom. The summed E-state index contributed by atoms with van der Waals surface area (Å²) >= 11 is 7.30. The molecule has 0 spiro atoms. The summed E-state index contributed by atoms with van der Waals surface area (Å²) in [6.45, 7) is 0. The van der Waals surface area contributed by atoms with Crippen LogP contribution in [0.2, 0.25) is 0 Å². The molecule has 1 aromatic carbocycles. The first kappa shape index (κ1) is 11.3. The number of methoxy groups -OCH3 is 1. The Hall–Kier alpha value is -0.800. The van der Waals surface area contributed by atoms with E-state index in [0.717, 1.165) is 0 Å². The molecule has 0 unspecified atom stereocenters. The Kier molecular flexibility index (Phi) is 3.72. The number of nitrogens with zero attached hydrogens (tertiary/aromatic N) is 1. The molecule has 0 saturated carbocycles. The zero-order chi connectivity index (χ0) is 10.7. The minimum atomic E-state index is -0.575. The highest BCUT2D eigenvalue weighted by molar-refractivity contribution is 14.1. The van der Waals surface area contributed by atoms with Gasteiger partial charge in [0, 0.05) is 9.13 Å². The normalized spacial score (nSPS) is 9.29. The SMILES string of the molecule is COc1cc(I)c(C(=O)Cl)cc1C#N. The molecule has 0 aliphatic heterocycles. The quantitative estimate of drug-likeness (QED) is 0.621. The molecule has 1 rings (SSSR count). The number of halogens is 2. The summed E-state index contributed by atoms with van der Waals surface area (Å²) in [5, 5.41) is 8.18. The molecule has 0 fully saturated rings. The molecule has 0 saturated heterocycles. The van der Waals surface area contributed by atoms with Gasteiger partial charge in [0.05, 0.1) is 12.7 Å². The lowest BCUT2D eigenvalue weighted by Crippen LogP contribution is -1.97. The van der Waals surface area contributed by atoms with Crippen molar-refractivity contribution in [2.24, 2.45) is 0 Å². The number of hydrogen-bond acceptors (Lipinski definition) is 3. The van der Waals surface area contributed by atoms with E-state index < -0.39 is 5.24 Å². The smallest absolute Gasteiger partial charge is 0.253 e. The highest BCUT2D eigenvalue weighted by Crippen LogP contribution is 2.25. The highest BCUT2D eigenvalue weighted by Gasteiger charge is 2.12. The lowest BCUT2D eigenvalue weighted by atomic mass is 10.1. The van der Waals surface area contributed by atoms with Crippen LogP contribution < -0.4 is 4.74 Å². The van der Waals surface area contributed by atoms with E-state index in [1.165, 1.54) is 13.2 Å². The van der Waals surface area contributed by atoms with Crippen LogP contribution in [0.25, 0.3) is 0 Å². The van der Waals surface area contributed by atoms with Gasteiger partial charge in [-0.1, -0.05) is 0 Å². The standard InChI is InChI=1S/C9H5ClINO2/c1-14-8-3-7(11)6(9(10)13)2-5(8)4-12/h2-3H,1H3. The number of hydrogen-bond donors (Lipinski definition) is 0. The summed E-state index contributed by atoms with van der Waals surface area (Å²) in [7, 11) is 1.47. The largest absolute Gasteiger partial charge is 0.495 e. The van der Waals surface area contributed by atoms with Crippen molar-refractivity contribution in [2.45, 2.75) is 0 Å². The van der Waals surface area contributed by atoms with Crippen molar-refractivity contribution >= 4 is 39.4 Å². The molecule has 72 valence electrons. The van der Waals surface area contributed by atoms with Gasteiger partial charge in [-0.05, 0) is 46.3 Å². The Labute approximate surface area is 99.8 Å². The molecule has 0 heterocycles. The van der Waals surface area contributed by atoms with Gasteiger partial charge >= 0.3 is 0 Å². The second-order valence-electron chi connectivity index (χ2n) is 2.42. The van der Waals surface area contributed by atoms with Gasteiger partial charge in [0.15, 0.2) is 0 Å². The molecule has 0 aliphatic rings. The average molecular weight is 322 g/mol. The van der Waals surface area contributed by atoms with Crippen molar-refractivity contribution in [3.8, 4) is 11.8 Å².